The summed E-state index contributed by atoms with van der Waals surface area (Å²) in [5.41, 5.74) is 5.70. The third-order valence-electron chi connectivity index (χ3n) is 4.45. The maximum Gasteiger partial charge on any atom is 0.260 e. The second kappa shape index (κ2) is 8.33. The molecule has 1 aromatic heterocycles. The highest BCUT2D eigenvalue weighted by Crippen LogP contribution is 2.23. The molecule has 0 aliphatic carbocycles. The predicted molar refractivity (Wildman–Crippen MR) is 99.8 cm³/mol. The van der Waals surface area contributed by atoms with Crippen LogP contribution in [-0.2, 0) is 11.3 Å². The molecular formula is C18H22ClN5O2. The van der Waals surface area contributed by atoms with Crippen LogP contribution in [0.15, 0.2) is 36.5 Å². The van der Waals surface area contributed by atoms with Crippen molar-refractivity contribution in [2.45, 2.75) is 19.0 Å². The van der Waals surface area contributed by atoms with Crippen molar-refractivity contribution < 1.29 is 9.53 Å². The van der Waals surface area contributed by atoms with Gasteiger partial charge in [0.1, 0.15) is 17.4 Å². The normalized spacial score (nSPS) is 16.9. The van der Waals surface area contributed by atoms with Gasteiger partial charge in [-0.15, -0.1) is 0 Å². The molecule has 3 rings (SSSR count). The van der Waals surface area contributed by atoms with Crippen LogP contribution in [0.3, 0.4) is 0 Å². The van der Waals surface area contributed by atoms with Gasteiger partial charge in [0.05, 0.1) is 11.6 Å². The number of aromatic nitrogens is 2. The maximum atomic E-state index is 12.4. The summed E-state index contributed by atoms with van der Waals surface area (Å²) >= 11 is 6.04. The molecule has 26 heavy (non-hydrogen) atoms. The first-order valence-electron chi connectivity index (χ1n) is 8.45. The highest BCUT2D eigenvalue weighted by molar-refractivity contribution is 6.32. The Morgan fingerprint density at radius 2 is 2.23 bits per heavy atom. The van der Waals surface area contributed by atoms with E-state index in [0.717, 1.165) is 6.42 Å². The van der Waals surface area contributed by atoms with Crippen molar-refractivity contribution in [2.75, 3.05) is 32.5 Å². The lowest BCUT2D eigenvalue weighted by Gasteiger charge is -2.24. The van der Waals surface area contributed by atoms with Crippen molar-refractivity contribution in [3.8, 4) is 5.75 Å². The minimum absolute atomic E-state index is 0.0154. The molecule has 138 valence electrons. The summed E-state index contributed by atoms with van der Waals surface area (Å²) in [6.45, 7) is 1.94. The van der Waals surface area contributed by atoms with Gasteiger partial charge < -0.3 is 15.4 Å². The van der Waals surface area contributed by atoms with E-state index in [1.165, 1.54) is 0 Å². The number of para-hydroxylation sites is 1. The molecule has 2 N–H and O–H groups in total. The summed E-state index contributed by atoms with van der Waals surface area (Å²) in [5, 5.41) is 0.501. The van der Waals surface area contributed by atoms with Crippen LogP contribution in [0.5, 0.6) is 5.75 Å². The Bertz CT molecular complexity index is 773. The van der Waals surface area contributed by atoms with Crippen LogP contribution in [0.4, 0.5) is 5.82 Å². The largest absolute Gasteiger partial charge is 0.482 e. The molecule has 1 saturated heterocycles. The number of benzene rings is 1. The average molecular weight is 376 g/mol. The Kier molecular flexibility index (Phi) is 5.90. The first-order chi connectivity index (χ1) is 12.5. The number of ether oxygens (including phenoxy) is 1. The number of nitrogens with zero attached hydrogens (tertiary/aromatic N) is 4. The minimum atomic E-state index is -0.0407. The highest BCUT2D eigenvalue weighted by Gasteiger charge is 2.29. The van der Waals surface area contributed by atoms with Gasteiger partial charge in [-0.2, -0.15) is 0 Å². The lowest BCUT2D eigenvalue weighted by molar-refractivity contribution is -0.132. The van der Waals surface area contributed by atoms with E-state index < -0.39 is 0 Å². The first kappa shape index (κ1) is 18.4. The van der Waals surface area contributed by atoms with Gasteiger partial charge in [-0.25, -0.2) is 9.97 Å². The Hall–Kier alpha value is -2.38. The summed E-state index contributed by atoms with van der Waals surface area (Å²) in [6, 6.07) is 9.05. The zero-order chi connectivity index (χ0) is 18.5. The fraction of sp³-hybridized carbons (Fsp3) is 0.389. The van der Waals surface area contributed by atoms with Crippen molar-refractivity contribution in [1.82, 2.24) is 19.8 Å². The Labute approximate surface area is 157 Å². The highest BCUT2D eigenvalue weighted by atomic mass is 35.5. The molecule has 1 aliphatic rings. The molecule has 2 aromatic rings. The summed E-state index contributed by atoms with van der Waals surface area (Å²) in [5.74, 6) is 1.62. The number of rotatable bonds is 6. The van der Waals surface area contributed by atoms with E-state index >= 15 is 0 Å². The van der Waals surface area contributed by atoms with Crippen LogP contribution < -0.4 is 10.5 Å². The van der Waals surface area contributed by atoms with Gasteiger partial charge in [0.2, 0.25) is 0 Å². The molecule has 1 aromatic carbocycles. The van der Waals surface area contributed by atoms with Crippen LogP contribution in [-0.4, -0.2) is 58.5 Å². The standard InChI is InChI=1S/C18H22ClN5O2/c1-23(11-17-21-8-6-16(20)22-17)13-7-9-24(10-13)18(25)12-26-15-5-3-2-4-14(15)19/h2-6,8,13H,7,9-12H2,1H3,(H2,20,21,22). The lowest BCUT2D eigenvalue weighted by Crippen LogP contribution is -2.38. The summed E-state index contributed by atoms with van der Waals surface area (Å²) < 4.78 is 5.54. The van der Waals surface area contributed by atoms with Crippen LogP contribution in [0.25, 0.3) is 0 Å². The molecule has 0 saturated carbocycles. The third kappa shape index (κ3) is 4.62. The smallest absolute Gasteiger partial charge is 0.260 e. The number of anilines is 1. The molecule has 8 heteroatoms. The maximum absolute atomic E-state index is 12.4. The van der Waals surface area contributed by atoms with E-state index in [2.05, 4.69) is 14.9 Å². The Morgan fingerprint density at radius 1 is 1.42 bits per heavy atom. The number of nitrogen functional groups attached to an aromatic ring is 1. The number of nitrogens with two attached hydrogens (primary N) is 1. The van der Waals surface area contributed by atoms with E-state index in [1.807, 2.05) is 24.1 Å². The van der Waals surface area contributed by atoms with Gasteiger partial charge in [0.25, 0.3) is 5.91 Å². The first-order valence-corrected chi connectivity index (χ1v) is 8.83. The Morgan fingerprint density at radius 3 is 3.00 bits per heavy atom. The van der Waals surface area contributed by atoms with Crippen molar-refractivity contribution in [2.24, 2.45) is 0 Å². The number of carbonyl (C=O) groups excluding carboxylic acids is 1. The molecule has 2 heterocycles. The fourth-order valence-corrected chi connectivity index (χ4v) is 3.15. The van der Waals surface area contributed by atoms with Crippen molar-refractivity contribution in [3.63, 3.8) is 0 Å². The second-order valence-electron chi connectivity index (χ2n) is 6.31. The summed E-state index contributed by atoms with van der Waals surface area (Å²) in [4.78, 5) is 24.8. The molecular weight excluding hydrogens is 354 g/mol. The summed E-state index contributed by atoms with van der Waals surface area (Å²) in [7, 11) is 2.01. The number of hydrogen-bond donors (Lipinski definition) is 1. The van der Waals surface area contributed by atoms with E-state index in [0.29, 0.717) is 42.0 Å². The zero-order valence-electron chi connectivity index (χ0n) is 14.6. The average Bonchev–Trinajstić information content (AvgIpc) is 3.11. The molecule has 0 spiro atoms. The number of likely N-dealkylation sites (tertiary alicyclic amines) is 1. The van der Waals surface area contributed by atoms with Crippen molar-refractivity contribution >= 4 is 23.3 Å². The van der Waals surface area contributed by atoms with Crippen LogP contribution >= 0.6 is 11.6 Å². The number of hydrogen-bond acceptors (Lipinski definition) is 6. The van der Waals surface area contributed by atoms with Gasteiger partial charge >= 0.3 is 0 Å². The molecule has 0 bridgehead atoms. The summed E-state index contributed by atoms with van der Waals surface area (Å²) in [6.07, 6.45) is 2.55. The van der Waals surface area contributed by atoms with Gasteiger partial charge in [0.15, 0.2) is 6.61 Å². The molecule has 1 aliphatic heterocycles. The van der Waals surface area contributed by atoms with Crippen molar-refractivity contribution in [3.05, 3.63) is 47.4 Å². The number of halogens is 1. The van der Waals surface area contributed by atoms with Gasteiger partial charge in [-0.3, -0.25) is 9.69 Å². The van der Waals surface area contributed by atoms with E-state index in [1.54, 1.807) is 24.4 Å². The lowest BCUT2D eigenvalue weighted by atomic mass is 10.2. The van der Waals surface area contributed by atoms with E-state index in [4.69, 9.17) is 22.1 Å². The van der Waals surface area contributed by atoms with E-state index in [9.17, 15) is 4.79 Å². The molecule has 1 unspecified atom stereocenters. The van der Waals surface area contributed by atoms with Crippen LogP contribution in [0.2, 0.25) is 5.02 Å². The number of amides is 1. The monoisotopic (exact) mass is 375 g/mol. The number of likely N-dealkylation sites (N-methyl/N-ethyl adjacent to an activating group) is 1. The second-order valence-corrected chi connectivity index (χ2v) is 6.72. The van der Waals surface area contributed by atoms with Gasteiger partial charge in [0, 0.05) is 25.3 Å². The molecule has 1 amide bonds. The SMILES string of the molecule is CN(Cc1nccc(N)n1)C1CCN(C(=O)COc2ccccc2Cl)C1. The predicted octanol–water partition coefficient (Wildman–Crippen LogP) is 1.82. The fourth-order valence-electron chi connectivity index (χ4n) is 2.96. The molecule has 1 atom stereocenters. The molecule has 1 fully saturated rings. The van der Waals surface area contributed by atoms with Crippen LogP contribution in [0.1, 0.15) is 12.2 Å². The zero-order valence-corrected chi connectivity index (χ0v) is 15.4. The third-order valence-corrected chi connectivity index (χ3v) is 4.76. The van der Waals surface area contributed by atoms with Gasteiger partial charge in [-0.1, -0.05) is 23.7 Å². The number of carbonyl (C=O) groups is 1. The van der Waals surface area contributed by atoms with Gasteiger partial charge in [-0.05, 0) is 31.7 Å². The van der Waals surface area contributed by atoms with E-state index in [-0.39, 0.29) is 18.6 Å². The Balaban J connectivity index is 1.49. The topological polar surface area (TPSA) is 84.6 Å². The van der Waals surface area contributed by atoms with Crippen LogP contribution in [0, 0.1) is 0 Å². The quantitative estimate of drug-likeness (QED) is 0.829. The minimum Gasteiger partial charge on any atom is -0.482 e. The molecule has 0 radical (unpaired) electrons. The molecule has 7 nitrogen and oxygen atoms in total. The van der Waals surface area contributed by atoms with Crippen molar-refractivity contribution in [1.29, 1.82) is 0 Å².